The number of fused-ring (bicyclic) bond motifs is 1. The number of aliphatic carboxylic acids is 1. The first kappa shape index (κ1) is 12.0. The van der Waals surface area contributed by atoms with E-state index in [2.05, 4.69) is 4.74 Å². The van der Waals surface area contributed by atoms with E-state index in [1.807, 2.05) is 0 Å². The van der Waals surface area contributed by atoms with E-state index in [1.54, 1.807) is 0 Å². The van der Waals surface area contributed by atoms with Crippen LogP contribution < -0.4 is 4.74 Å². The summed E-state index contributed by atoms with van der Waals surface area (Å²) >= 11 is 0. The molecule has 8 heteroatoms. The lowest BCUT2D eigenvalue weighted by molar-refractivity contribution is -0.385. The zero-order chi connectivity index (χ0) is 13.4. The molecule has 1 aromatic rings. The van der Waals surface area contributed by atoms with Crippen LogP contribution in [0.15, 0.2) is 18.2 Å². The minimum Gasteiger partial charge on any atom is -0.481 e. The molecule has 0 spiro atoms. The van der Waals surface area contributed by atoms with Crippen LogP contribution >= 0.6 is 0 Å². The highest BCUT2D eigenvalue weighted by Gasteiger charge is 2.44. The second-order valence-corrected chi connectivity index (χ2v) is 3.63. The van der Waals surface area contributed by atoms with Gasteiger partial charge in [0.15, 0.2) is 5.92 Å². The van der Waals surface area contributed by atoms with Crippen molar-refractivity contribution in [1.82, 2.24) is 0 Å². The largest absolute Gasteiger partial charge is 0.481 e. The maximum absolute atomic E-state index is 11.4. The van der Waals surface area contributed by atoms with Crippen LogP contribution in [0, 0.1) is 16.0 Å². The number of carbonyl (C=O) groups is 2. The monoisotopic (exact) mass is 253 g/mol. The Morgan fingerprint density at radius 3 is 2.67 bits per heavy atom. The fraction of sp³-hybridized carbons (Fsp3) is 0.200. The molecule has 0 amide bonds. The van der Waals surface area contributed by atoms with E-state index in [4.69, 9.17) is 5.11 Å². The second-order valence-electron chi connectivity index (χ2n) is 3.63. The number of hydrogen-bond donors (Lipinski definition) is 2. The Hall–Kier alpha value is -2.48. The third kappa shape index (κ3) is 1.68. The zero-order valence-corrected chi connectivity index (χ0v) is 8.77. The van der Waals surface area contributed by atoms with Crippen molar-refractivity contribution in [2.45, 2.75) is 6.10 Å². The first-order chi connectivity index (χ1) is 8.43. The number of nitro benzene ring substituents is 1. The van der Waals surface area contributed by atoms with Gasteiger partial charge in [0.1, 0.15) is 6.10 Å². The fourth-order valence-corrected chi connectivity index (χ4v) is 1.74. The summed E-state index contributed by atoms with van der Waals surface area (Å²) < 4.78 is 4.65. The van der Waals surface area contributed by atoms with Crippen molar-refractivity contribution < 1.29 is 29.5 Å². The standard InChI is InChI=1S/C10H7NO7/c12-7-4-2-1-3-5(11(16)17)8(4)18-10(15)6(7)9(13)14/h1-3,6-7,12H,(H,13,14)/t6-,7+/m1/s1. The number of carboxylic acids is 1. The van der Waals surface area contributed by atoms with Crippen molar-refractivity contribution in [2.75, 3.05) is 0 Å². The topological polar surface area (TPSA) is 127 Å². The van der Waals surface area contributed by atoms with Gasteiger partial charge < -0.3 is 14.9 Å². The van der Waals surface area contributed by atoms with Gasteiger partial charge in [0, 0.05) is 11.6 Å². The Morgan fingerprint density at radius 1 is 1.44 bits per heavy atom. The van der Waals surface area contributed by atoms with E-state index in [9.17, 15) is 24.8 Å². The van der Waals surface area contributed by atoms with Gasteiger partial charge in [-0.3, -0.25) is 19.7 Å². The first-order valence-corrected chi connectivity index (χ1v) is 4.83. The van der Waals surface area contributed by atoms with E-state index < -0.39 is 40.3 Å². The van der Waals surface area contributed by atoms with Crippen molar-refractivity contribution in [2.24, 2.45) is 5.92 Å². The Balaban J connectivity index is 2.58. The number of para-hydroxylation sites is 1. The van der Waals surface area contributed by atoms with Gasteiger partial charge in [0.2, 0.25) is 5.75 Å². The molecule has 0 unspecified atom stereocenters. The van der Waals surface area contributed by atoms with Gasteiger partial charge >= 0.3 is 17.6 Å². The maximum Gasteiger partial charge on any atom is 0.329 e. The lowest BCUT2D eigenvalue weighted by Crippen LogP contribution is -2.37. The molecule has 2 rings (SSSR count). The third-order valence-electron chi connectivity index (χ3n) is 2.58. The molecule has 8 nitrogen and oxygen atoms in total. The van der Waals surface area contributed by atoms with Crippen molar-refractivity contribution in [3.8, 4) is 5.75 Å². The molecule has 0 aromatic heterocycles. The van der Waals surface area contributed by atoms with Crippen LogP contribution in [0.4, 0.5) is 5.69 Å². The summed E-state index contributed by atoms with van der Waals surface area (Å²) in [6, 6.07) is 3.65. The van der Waals surface area contributed by atoms with E-state index in [-0.39, 0.29) is 5.56 Å². The fourth-order valence-electron chi connectivity index (χ4n) is 1.74. The second kappa shape index (κ2) is 4.08. The van der Waals surface area contributed by atoms with Crippen LogP contribution in [0.1, 0.15) is 11.7 Å². The molecule has 0 saturated heterocycles. The molecular formula is C10H7NO7. The number of hydrogen-bond acceptors (Lipinski definition) is 6. The number of aliphatic hydroxyl groups excluding tert-OH is 1. The summed E-state index contributed by atoms with van der Waals surface area (Å²) in [6.07, 6.45) is -1.67. The number of benzene rings is 1. The molecule has 0 radical (unpaired) electrons. The van der Waals surface area contributed by atoms with Gasteiger partial charge in [0.05, 0.1) is 4.92 Å². The lowest BCUT2D eigenvalue weighted by Gasteiger charge is -2.25. The van der Waals surface area contributed by atoms with Gasteiger partial charge in [-0.05, 0) is 0 Å². The van der Waals surface area contributed by atoms with Crippen LogP contribution in [-0.4, -0.2) is 27.1 Å². The molecule has 94 valence electrons. The van der Waals surface area contributed by atoms with Crippen LogP contribution in [0.2, 0.25) is 0 Å². The Morgan fingerprint density at radius 2 is 2.11 bits per heavy atom. The molecule has 1 heterocycles. The molecule has 0 aliphatic carbocycles. The average molecular weight is 253 g/mol. The molecular weight excluding hydrogens is 246 g/mol. The molecule has 2 N–H and O–H groups in total. The van der Waals surface area contributed by atoms with Gasteiger partial charge in [0.25, 0.3) is 0 Å². The molecule has 1 aromatic carbocycles. The number of carbonyl (C=O) groups excluding carboxylic acids is 1. The van der Waals surface area contributed by atoms with E-state index >= 15 is 0 Å². The molecule has 0 saturated carbocycles. The summed E-state index contributed by atoms with van der Waals surface area (Å²) in [7, 11) is 0. The summed E-state index contributed by atoms with van der Waals surface area (Å²) in [6.45, 7) is 0. The van der Waals surface area contributed by atoms with E-state index in [0.29, 0.717) is 0 Å². The number of ether oxygens (including phenoxy) is 1. The van der Waals surface area contributed by atoms with Crippen molar-refractivity contribution in [1.29, 1.82) is 0 Å². The number of nitro groups is 1. The number of nitrogens with zero attached hydrogens (tertiary/aromatic N) is 1. The molecule has 0 bridgehead atoms. The molecule has 1 aliphatic rings. The number of aliphatic hydroxyl groups is 1. The summed E-state index contributed by atoms with van der Waals surface area (Å²) in [5.74, 6) is -4.96. The number of rotatable bonds is 2. The van der Waals surface area contributed by atoms with Crippen molar-refractivity contribution in [3.63, 3.8) is 0 Å². The summed E-state index contributed by atoms with van der Waals surface area (Å²) in [5, 5.41) is 29.3. The summed E-state index contributed by atoms with van der Waals surface area (Å²) in [5.41, 5.74) is -0.583. The van der Waals surface area contributed by atoms with E-state index in [1.165, 1.54) is 12.1 Å². The number of esters is 1. The van der Waals surface area contributed by atoms with Gasteiger partial charge in [-0.2, -0.15) is 0 Å². The first-order valence-electron chi connectivity index (χ1n) is 4.83. The highest BCUT2D eigenvalue weighted by atomic mass is 16.6. The average Bonchev–Trinajstić information content (AvgIpc) is 2.27. The lowest BCUT2D eigenvalue weighted by atomic mass is 9.92. The number of carboxylic acid groups (broad SMARTS) is 1. The molecule has 1 aliphatic heterocycles. The normalized spacial score (nSPS) is 21.9. The quantitative estimate of drug-likeness (QED) is 0.254. The van der Waals surface area contributed by atoms with Crippen LogP contribution in [0.3, 0.4) is 0 Å². The Labute approximate surface area is 99.6 Å². The zero-order valence-electron chi connectivity index (χ0n) is 8.77. The molecule has 18 heavy (non-hydrogen) atoms. The molecule has 2 atom stereocenters. The van der Waals surface area contributed by atoms with Crippen LogP contribution in [0.25, 0.3) is 0 Å². The van der Waals surface area contributed by atoms with Gasteiger partial charge in [-0.15, -0.1) is 0 Å². The van der Waals surface area contributed by atoms with E-state index in [0.717, 1.165) is 6.07 Å². The van der Waals surface area contributed by atoms with Crippen LogP contribution in [-0.2, 0) is 9.59 Å². The van der Waals surface area contributed by atoms with Gasteiger partial charge in [-0.1, -0.05) is 12.1 Å². The minimum absolute atomic E-state index is 0.0869. The Kier molecular flexibility index (Phi) is 2.71. The predicted molar refractivity (Wildman–Crippen MR) is 54.8 cm³/mol. The third-order valence-corrected chi connectivity index (χ3v) is 2.58. The van der Waals surface area contributed by atoms with Crippen LogP contribution in [0.5, 0.6) is 5.75 Å². The smallest absolute Gasteiger partial charge is 0.329 e. The molecule has 0 fully saturated rings. The Bertz CT molecular complexity index is 553. The van der Waals surface area contributed by atoms with Gasteiger partial charge in [-0.25, -0.2) is 0 Å². The van der Waals surface area contributed by atoms with Crippen molar-refractivity contribution in [3.05, 3.63) is 33.9 Å². The predicted octanol–water partition coefficient (Wildman–Crippen LogP) is 0.248. The SMILES string of the molecule is O=C(O)[C@@H]1C(=O)Oc2c(cccc2[N+](=O)[O-])[C@@H]1O. The minimum atomic E-state index is -1.78. The summed E-state index contributed by atoms with van der Waals surface area (Å²) in [4.78, 5) is 32.1. The highest BCUT2D eigenvalue weighted by molar-refractivity contribution is 5.97. The maximum atomic E-state index is 11.4. The highest BCUT2D eigenvalue weighted by Crippen LogP contribution is 2.41. The van der Waals surface area contributed by atoms with Crippen molar-refractivity contribution >= 4 is 17.6 Å².